The van der Waals surface area contributed by atoms with Crippen molar-refractivity contribution in [1.29, 1.82) is 0 Å². The van der Waals surface area contributed by atoms with E-state index in [0.29, 0.717) is 26.2 Å². The molecule has 6 nitrogen and oxygen atoms in total. The Bertz CT molecular complexity index is 892. The third kappa shape index (κ3) is 6.59. The molecule has 0 N–H and O–H groups in total. The Balaban J connectivity index is 1.78. The van der Waals surface area contributed by atoms with E-state index >= 15 is 0 Å². The molecule has 0 bridgehead atoms. The maximum atomic E-state index is 13.4. The second kappa shape index (κ2) is 12.1. The van der Waals surface area contributed by atoms with Gasteiger partial charge in [0, 0.05) is 50.1 Å². The van der Waals surface area contributed by atoms with E-state index in [-0.39, 0.29) is 24.4 Å². The molecule has 1 fully saturated rings. The van der Waals surface area contributed by atoms with Crippen LogP contribution in [-0.2, 0) is 27.4 Å². The summed E-state index contributed by atoms with van der Waals surface area (Å²) in [5.74, 6) is -0.116. The van der Waals surface area contributed by atoms with Gasteiger partial charge in [0.25, 0.3) is 0 Å². The topological polar surface area (TPSA) is 54.8 Å². The molecule has 0 aliphatic heterocycles. The van der Waals surface area contributed by atoms with Gasteiger partial charge in [-0.25, -0.2) is 0 Å². The molecule has 0 atom stereocenters. The van der Waals surface area contributed by atoms with Gasteiger partial charge in [-0.2, -0.15) is 0 Å². The van der Waals surface area contributed by atoms with E-state index in [0.717, 1.165) is 42.0 Å². The van der Waals surface area contributed by atoms with E-state index in [1.165, 1.54) is 13.3 Å². The number of amides is 2. The molecule has 0 saturated heterocycles. The van der Waals surface area contributed by atoms with Crippen LogP contribution in [-0.4, -0.2) is 59.0 Å². The van der Waals surface area contributed by atoms with Gasteiger partial charge in [0.05, 0.1) is 19.7 Å². The van der Waals surface area contributed by atoms with Crippen molar-refractivity contribution in [2.75, 3.05) is 26.8 Å². The summed E-state index contributed by atoms with van der Waals surface area (Å²) in [7, 11) is 1.60. The summed E-state index contributed by atoms with van der Waals surface area (Å²) in [6.45, 7) is 3.60. The second-order valence-electron chi connectivity index (χ2n) is 8.47. The molecule has 32 heavy (non-hydrogen) atoms. The summed E-state index contributed by atoms with van der Waals surface area (Å²) in [6.07, 6.45) is 7.53. The van der Waals surface area contributed by atoms with Crippen molar-refractivity contribution in [3.63, 3.8) is 0 Å². The zero-order valence-corrected chi connectivity index (χ0v) is 19.9. The molecule has 7 heteroatoms. The van der Waals surface area contributed by atoms with Crippen molar-refractivity contribution in [1.82, 2.24) is 14.4 Å². The predicted molar refractivity (Wildman–Crippen MR) is 127 cm³/mol. The lowest BCUT2D eigenvalue weighted by molar-refractivity contribution is -0.142. The van der Waals surface area contributed by atoms with E-state index in [1.807, 2.05) is 41.4 Å². The highest BCUT2D eigenvalue weighted by molar-refractivity contribution is 6.31. The van der Waals surface area contributed by atoms with Crippen molar-refractivity contribution < 1.29 is 14.3 Å². The first-order valence-corrected chi connectivity index (χ1v) is 11.8. The third-order valence-electron chi connectivity index (χ3n) is 6.23. The van der Waals surface area contributed by atoms with Crippen LogP contribution in [0.3, 0.4) is 0 Å². The molecule has 2 amide bonds. The average Bonchev–Trinajstić information content (AvgIpc) is 3.23. The fourth-order valence-electron chi connectivity index (χ4n) is 4.35. The van der Waals surface area contributed by atoms with Gasteiger partial charge in [-0.1, -0.05) is 49.1 Å². The second-order valence-corrected chi connectivity index (χ2v) is 8.87. The molecule has 1 heterocycles. The van der Waals surface area contributed by atoms with Gasteiger partial charge in [-0.15, -0.1) is 0 Å². The molecule has 0 unspecified atom stereocenters. The summed E-state index contributed by atoms with van der Waals surface area (Å²) in [6, 6.07) is 12.1. The first kappa shape index (κ1) is 24.3. The minimum atomic E-state index is -0.110. The van der Waals surface area contributed by atoms with Crippen LogP contribution >= 0.6 is 11.6 Å². The molecular weight excluding hydrogens is 426 g/mol. The molecular formula is C25H34ClN3O3. The maximum absolute atomic E-state index is 13.4. The molecule has 174 valence electrons. The van der Waals surface area contributed by atoms with Crippen molar-refractivity contribution in [3.05, 3.63) is 58.9 Å². The number of carbonyl (C=O) groups excluding carboxylic acids is 2. The number of nitrogens with zero attached hydrogens (tertiary/aromatic N) is 3. The summed E-state index contributed by atoms with van der Waals surface area (Å²) < 4.78 is 7.27. The van der Waals surface area contributed by atoms with Crippen molar-refractivity contribution in [2.45, 2.75) is 58.2 Å². The summed E-state index contributed by atoms with van der Waals surface area (Å²) in [5.41, 5.74) is 2.11. The Morgan fingerprint density at radius 2 is 1.88 bits per heavy atom. The minimum Gasteiger partial charge on any atom is -0.383 e. The lowest BCUT2D eigenvalue weighted by Gasteiger charge is -2.36. The molecule has 1 aromatic carbocycles. The van der Waals surface area contributed by atoms with Gasteiger partial charge in [0.15, 0.2) is 0 Å². The highest BCUT2D eigenvalue weighted by atomic mass is 35.5. The Hall–Kier alpha value is -2.31. The van der Waals surface area contributed by atoms with Crippen LogP contribution in [0.25, 0.3) is 0 Å². The molecule has 1 aromatic heterocycles. The summed E-state index contributed by atoms with van der Waals surface area (Å²) >= 11 is 6.37. The first-order valence-electron chi connectivity index (χ1n) is 11.4. The molecule has 3 rings (SSSR count). The minimum absolute atomic E-state index is 0.00584. The van der Waals surface area contributed by atoms with Crippen LogP contribution in [0, 0.1) is 0 Å². The molecule has 1 saturated carbocycles. The van der Waals surface area contributed by atoms with Gasteiger partial charge >= 0.3 is 0 Å². The fourth-order valence-corrected chi connectivity index (χ4v) is 4.54. The lowest BCUT2D eigenvalue weighted by atomic mass is 9.94. The number of halogens is 1. The van der Waals surface area contributed by atoms with Crippen molar-refractivity contribution in [3.8, 4) is 0 Å². The number of hydrogen-bond acceptors (Lipinski definition) is 3. The van der Waals surface area contributed by atoms with E-state index < -0.39 is 0 Å². The Morgan fingerprint density at radius 1 is 1.12 bits per heavy atom. The smallest absolute Gasteiger partial charge is 0.242 e. The number of methoxy groups -OCH3 is 1. The number of carbonyl (C=O) groups is 2. The van der Waals surface area contributed by atoms with Crippen LogP contribution in [0.4, 0.5) is 0 Å². The monoisotopic (exact) mass is 459 g/mol. The van der Waals surface area contributed by atoms with E-state index in [9.17, 15) is 9.59 Å². The largest absolute Gasteiger partial charge is 0.383 e. The number of hydrogen-bond donors (Lipinski definition) is 0. The van der Waals surface area contributed by atoms with Crippen LogP contribution in [0.15, 0.2) is 42.6 Å². The van der Waals surface area contributed by atoms with Gasteiger partial charge in [0.2, 0.25) is 11.8 Å². The standard InChI is InChI=1S/C25H34ClN3O3/c1-20(30)27(15-16-32-2)19-25(31)29(22-10-4-3-5-11-22)18-23-12-8-14-28(23)17-21-9-6-7-13-24(21)26/h6-9,12-14,22H,3-5,10-11,15-19H2,1-2H3. The SMILES string of the molecule is COCCN(CC(=O)N(Cc1cccn1Cc1ccccc1Cl)C1CCCCC1)C(C)=O. The summed E-state index contributed by atoms with van der Waals surface area (Å²) in [4.78, 5) is 29.1. The van der Waals surface area contributed by atoms with E-state index in [4.69, 9.17) is 16.3 Å². The molecule has 1 aliphatic rings. The van der Waals surface area contributed by atoms with Crippen LogP contribution in [0.2, 0.25) is 5.02 Å². The first-order chi connectivity index (χ1) is 15.5. The van der Waals surface area contributed by atoms with Gasteiger partial charge in [-0.3, -0.25) is 9.59 Å². The molecule has 0 spiro atoms. The Kier molecular flexibility index (Phi) is 9.18. The molecule has 1 aliphatic carbocycles. The molecule has 2 aromatic rings. The zero-order chi connectivity index (χ0) is 22.9. The van der Waals surface area contributed by atoms with E-state index in [2.05, 4.69) is 10.6 Å². The number of aromatic nitrogens is 1. The quantitative estimate of drug-likeness (QED) is 0.531. The highest BCUT2D eigenvalue weighted by Crippen LogP contribution is 2.25. The van der Waals surface area contributed by atoms with Crippen molar-refractivity contribution in [2.24, 2.45) is 0 Å². The molecule has 0 radical (unpaired) electrons. The van der Waals surface area contributed by atoms with Crippen molar-refractivity contribution >= 4 is 23.4 Å². The lowest BCUT2D eigenvalue weighted by Crippen LogP contribution is -2.47. The third-order valence-corrected chi connectivity index (χ3v) is 6.60. The van der Waals surface area contributed by atoms with Gasteiger partial charge in [-0.05, 0) is 36.6 Å². The van der Waals surface area contributed by atoms with Crippen LogP contribution in [0.1, 0.15) is 50.3 Å². The Labute approximate surface area is 196 Å². The Morgan fingerprint density at radius 3 is 2.56 bits per heavy atom. The number of ether oxygens (including phenoxy) is 1. The normalized spacial score (nSPS) is 14.3. The fraction of sp³-hybridized carbons (Fsp3) is 0.520. The highest BCUT2D eigenvalue weighted by Gasteiger charge is 2.28. The zero-order valence-electron chi connectivity index (χ0n) is 19.1. The number of rotatable bonds is 10. The predicted octanol–water partition coefficient (Wildman–Crippen LogP) is 4.35. The van der Waals surface area contributed by atoms with Gasteiger partial charge in [0.1, 0.15) is 0 Å². The number of benzene rings is 1. The van der Waals surface area contributed by atoms with Crippen LogP contribution < -0.4 is 0 Å². The van der Waals surface area contributed by atoms with Crippen LogP contribution in [0.5, 0.6) is 0 Å². The van der Waals surface area contributed by atoms with Gasteiger partial charge < -0.3 is 19.1 Å². The average molecular weight is 460 g/mol. The summed E-state index contributed by atoms with van der Waals surface area (Å²) in [5, 5.41) is 0.739. The maximum Gasteiger partial charge on any atom is 0.242 e. The van der Waals surface area contributed by atoms with E-state index in [1.54, 1.807) is 12.0 Å².